The number of benzene rings is 1. The maximum Gasteiger partial charge on any atom is 0.0840 e. The van der Waals surface area contributed by atoms with Crippen LogP contribution in [0.4, 0.5) is 0 Å². The number of terminal acetylenes is 2. The molecule has 0 aliphatic carbocycles. The Hall–Kier alpha value is -2.38. The van der Waals surface area contributed by atoms with Crippen molar-refractivity contribution in [2.24, 2.45) is 0 Å². The summed E-state index contributed by atoms with van der Waals surface area (Å²) < 4.78 is 2.08. The summed E-state index contributed by atoms with van der Waals surface area (Å²) in [6.45, 7) is 4.39. The third-order valence-electron chi connectivity index (χ3n) is 2.84. The molecule has 17 heavy (non-hydrogen) atoms. The maximum absolute atomic E-state index is 5.42. The van der Waals surface area contributed by atoms with Crippen LogP contribution in [0.25, 0.3) is 17.0 Å². The van der Waals surface area contributed by atoms with Gasteiger partial charge in [0.05, 0.1) is 6.54 Å². The molecule has 0 bridgehead atoms. The number of hydrogen-bond acceptors (Lipinski definition) is 0. The van der Waals surface area contributed by atoms with Crippen LogP contribution in [-0.2, 0) is 13.0 Å². The minimum absolute atomic E-state index is 0.534. The van der Waals surface area contributed by atoms with E-state index in [1.165, 1.54) is 0 Å². The van der Waals surface area contributed by atoms with Crippen molar-refractivity contribution in [1.82, 2.24) is 4.57 Å². The van der Waals surface area contributed by atoms with Gasteiger partial charge >= 0.3 is 0 Å². The first kappa shape index (κ1) is 11.1. The fourth-order valence-electron chi connectivity index (χ4n) is 2.18. The van der Waals surface area contributed by atoms with Crippen LogP contribution in [-0.4, -0.2) is 4.57 Å². The number of fused-ring (bicyclic) bond motifs is 1. The summed E-state index contributed by atoms with van der Waals surface area (Å²) in [6.07, 6.45) is 13.3. The third kappa shape index (κ3) is 1.73. The first-order valence-electron chi connectivity index (χ1n) is 5.43. The van der Waals surface area contributed by atoms with Gasteiger partial charge in [0.15, 0.2) is 0 Å². The van der Waals surface area contributed by atoms with Gasteiger partial charge in [0, 0.05) is 23.0 Å². The lowest BCUT2D eigenvalue weighted by Crippen LogP contribution is -1.98. The molecule has 2 rings (SSSR count). The van der Waals surface area contributed by atoms with Gasteiger partial charge in [-0.1, -0.05) is 30.7 Å². The average Bonchev–Trinajstić information content (AvgIpc) is 2.65. The highest BCUT2D eigenvalue weighted by Crippen LogP contribution is 2.27. The molecule has 1 heterocycles. The summed E-state index contributed by atoms with van der Waals surface area (Å²) in [5.74, 6) is 5.36. The third-order valence-corrected chi connectivity index (χ3v) is 2.84. The van der Waals surface area contributed by atoms with E-state index in [0.717, 1.165) is 22.2 Å². The Morgan fingerprint density at radius 2 is 2.00 bits per heavy atom. The summed E-state index contributed by atoms with van der Waals surface area (Å²) in [6, 6.07) is 8.14. The highest BCUT2D eigenvalue weighted by Gasteiger charge is 2.12. The van der Waals surface area contributed by atoms with E-state index < -0.39 is 0 Å². The molecule has 1 aromatic heterocycles. The van der Waals surface area contributed by atoms with E-state index in [-0.39, 0.29) is 0 Å². The number of hydrogen-bond donors (Lipinski definition) is 0. The summed E-state index contributed by atoms with van der Waals surface area (Å²) in [4.78, 5) is 0. The van der Waals surface area contributed by atoms with Crippen molar-refractivity contribution in [1.29, 1.82) is 0 Å². The normalized spacial score (nSPS) is 9.76. The second kappa shape index (κ2) is 4.64. The van der Waals surface area contributed by atoms with Gasteiger partial charge in [-0.25, -0.2) is 0 Å². The zero-order valence-electron chi connectivity index (χ0n) is 9.61. The van der Waals surface area contributed by atoms with Crippen molar-refractivity contribution in [2.45, 2.75) is 13.0 Å². The van der Waals surface area contributed by atoms with Gasteiger partial charge in [-0.15, -0.1) is 18.8 Å². The molecule has 0 amide bonds. The highest BCUT2D eigenvalue weighted by molar-refractivity contribution is 5.88. The van der Waals surface area contributed by atoms with E-state index in [4.69, 9.17) is 12.8 Å². The molecule has 0 atom stereocenters. The second-order valence-corrected chi connectivity index (χ2v) is 3.76. The Balaban J connectivity index is 2.83. The van der Waals surface area contributed by atoms with Crippen molar-refractivity contribution < 1.29 is 0 Å². The lowest BCUT2D eigenvalue weighted by atomic mass is 10.1. The molecule has 0 aliphatic heterocycles. The van der Waals surface area contributed by atoms with Crippen LogP contribution in [0.3, 0.4) is 0 Å². The molecule has 1 heteroatoms. The van der Waals surface area contributed by atoms with E-state index in [0.29, 0.717) is 13.0 Å². The summed E-state index contributed by atoms with van der Waals surface area (Å²) in [5, 5.41) is 1.16. The molecule has 1 aromatic carbocycles. The van der Waals surface area contributed by atoms with E-state index >= 15 is 0 Å². The van der Waals surface area contributed by atoms with Gasteiger partial charge in [-0.05, 0) is 17.7 Å². The van der Waals surface area contributed by atoms with E-state index in [1.807, 2.05) is 18.2 Å². The fourth-order valence-corrected chi connectivity index (χ4v) is 2.18. The van der Waals surface area contributed by atoms with Gasteiger partial charge in [-0.2, -0.15) is 0 Å². The summed E-state index contributed by atoms with van der Waals surface area (Å²) in [5.41, 5.74) is 3.28. The quantitative estimate of drug-likeness (QED) is 0.699. The zero-order chi connectivity index (χ0) is 12.3. The molecule has 1 nitrogen and oxygen atoms in total. The van der Waals surface area contributed by atoms with Gasteiger partial charge in [-0.3, -0.25) is 0 Å². The van der Waals surface area contributed by atoms with Gasteiger partial charge < -0.3 is 4.57 Å². The van der Waals surface area contributed by atoms with E-state index in [9.17, 15) is 0 Å². The number of rotatable bonds is 3. The fraction of sp³-hybridized carbons (Fsp3) is 0.125. The molecule has 82 valence electrons. The number of aromatic nitrogens is 1. The van der Waals surface area contributed by atoms with Crippen molar-refractivity contribution in [3.05, 3.63) is 42.1 Å². The molecule has 0 radical (unpaired) electrons. The van der Waals surface area contributed by atoms with Crippen LogP contribution in [0.5, 0.6) is 0 Å². The standard InChI is InChI=1S/C16H13N/c1-4-9-13-14-10-7-8-11-16(14)17(12-5-2)15(13)6-3/h1-2,6-8,10-11H,3,9,12H2. The SMILES string of the molecule is C#CCc1c(C=C)n(CC#C)c2ccccc12. The van der Waals surface area contributed by atoms with Crippen molar-refractivity contribution in [3.63, 3.8) is 0 Å². The molecular weight excluding hydrogens is 206 g/mol. The Labute approximate surface area is 102 Å². The minimum Gasteiger partial charge on any atom is -0.329 e. The minimum atomic E-state index is 0.534. The summed E-state index contributed by atoms with van der Waals surface area (Å²) in [7, 11) is 0. The molecule has 0 saturated heterocycles. The molecule has 0 N–H and O–H groups in total. The Bertz CT molecular complexity index is 591. The Morgan fingerprint density at radius 1 is 1.24 bits per heavy atom. The topological polar surface area (TPSA) is 4.93 Å². The lowest BCUT2D eigenvalue weighted by Gasteiger charge is -2.03. The molecule has 0 aliphatic rings. The van der Waals surface area contributed by atoms with Crippen molar-refractivity contribution in [3.8, 4) is 24.7 Å². The largest absolute Gasteiger partial charge is 0.329 e. The molecule has 0 spiro atoms. The van der Waals surface area contributed by atoms with Crippen LogP contribution in [0, 0.1) is 24.7 Å². The molecule has 2 aromatic rings. The highest BCUT2D eigenvalue weighted by atomic mass is 15.0. The maximum atomic E-state index is 5.42. The summed E-state index contributed by atoms with van der Waals surface area (Å²) >= 11 is 0. The average molecular weight is 219 g/mol. The van der Waals surface area contributed by atoms with Crippen LogP contribution in [0.15, 0.2) is 30.8 Å². The van der Waals surface area contributed by atoms with Crippen LogP contribution in [0.2, 0.25) is 0 Å². The Morgan fingerprint density at radius 3 is 2.65 bits per heavy atom. The van der Waals surface area contributed by atoms with Gasteiger partial charge in [0.1, 0.15) is 0 Å². The van der Waals surface area contributed by atoms with Crippen molar-refractivity contribution in [2.75, 3.05) is 0 Å². The first-order chi connectivity index (χ1) is 8.33. The lowest BCUT2D eigenvalue weighted by molar-refractivity contribution is 0.869. The van der Waals surface area contributed by atoms with E-state index in [1.54, 1.807) is 0 Å². The molecular formula is C16H13N. The molecule has 0 unspecified atom stereocenters. The second-order valence-electron chi connectivity index (χ2n) is 3.76. The van der Waals surface area contributed by atoms with E-state index in [2.05, 4.69) is 35.1 Å². The van der Waals surface area contributed by atoms with Crippen LogP contribution >= 0.6 is 0 Å². The van der Waals surface area contributed by atoms with Crippen LogP contribution in [0.1, 0.15) is 11.3 Å². The Kier molecular flexibility index (Phi) is 3.03. The predicted octanol–water partition coefficient (Wildman–Crippen LogP) is 3.09. The smallest absolute Gasteiger partial charge is 0.0840 e. The molecule has 0 fully saturated rings. The first-order valence-corrected chi connectivity index (χ1v) is 5.43. The number of para-hydroxylation sites is 1. The predicted molar refractivity (Wildman–Crippen MR) is 73.4 cm³/mol. The zero-order valence-corrected chi connectivity index (χ0v) is 9.61. The number of nitrogens with zero attached hydrogens (tertiary/aromatic N) is 1. The van der Waals surface area contributed by atoms with Crippen LogP contribution < -0.4 is 0 Å². The van der Waals surface area contributed by atoms with Gasteiger partial charge in [0.25, 0.3) is 0 Å². The molecule has 0 saturated carbocycles. The van der Waals surface area contributed by atoms with Crippen molar-refractivity contribution >= 4 is 17.0 Å². The van der Waals surface area contributed by atoms with Gasteiger partial charge in [0.2, 0.25) is 0 Å². The monoisotopic (exact) mass is 219 g/mol.